The summed E-state index contributed by atoms with van der Waals surface area (Å²) in [6.45, 7) is 4.75. The lowest BCUT2D eigenvalue weighted by Gasteiger charge is -2.35. The van der Waals surface area contributed by atoms with Crippen LogP contribution in [0.5, 0.6) is 0 Å². The molecule has 2 aromatic heterocycles. The number of benzene rings is 1. The van der Waals surface area contributed by atoms with Crippen molar-refractivity contribution in [3.63, 3.8) is 0 Å². The average Bonchev–Trinajstić information content (AvgIpc) is 3.32. The third-order valence-corrected chi connectivity index (χ3v) is 6.37. The minimum absolute atomic E-state index is 0.0215. The fourth-order valence-corrected chi connectivity index (χ4v) is 4.72. The van der Waals surface area contributed by atoms with E-state index in [-0.39, 0.29) is 24.7 Å². The lowest BCUT2D eigenvalue weighted by Crippen LogP contribution is -2.49. The van der Waals surface area contributed by atoms with Gasteiger partial charge in [-0.15, -0.1) is 11.3 Å². The molecule has 0 atom stereocenters. The minimum Gasteiger partial charge on any atom is -0.352 e. The number of aryl methyl sites for hydroxylation is 1. The summed E-state index contributed by atoms with van der Waals surface area (Å²) < 4.78 is 5.77. The molecule has 1 fully saturated rings. The number of aromatic nitrogens is 2. The van der Waals surface area contributed by atoms with Crippen molar-refractivity contribution < 1.29 is 9.59 Å². The summed E-state index contributed by atoms with van der Waals surface area (Å²) in [7, 11) is 0. The van der Waals surface area contributed by atoms with E-state index in [1.807, 2.05) is 24.0 Å². The zero-order chi connectivity index (χ0) is 19.5. The van der Waals surface area contributed by atoms with Crippen LogP contribution in [0.1, 0.15) is 17.7 Å². The van der Waals surface area contributed by atoms with Crippen LogP contribution in [0.4, 0.5) is 10.9 Å². The second-order valence-corrected chi connectivity index (χ2v) is 8.73. The number of carbonyl (C=O) groups excluding carboxylic acids is 2. The molecular formula is C19H21N5O2S2. The van der Waals surface area contributed by atoms with Crippen LogP contribution < -0.4 is 10.2 Å². The van der Waals surface area contributed by atoms with Gasteiger partial charge in [-0.3, -0.25) is 9.59 Å². The van der Waals surface area contributed by atoms with Crippen LogP contribution >= 0.6 is 22.9 Å². The maximum atomic E-state index is 12.5. The Morgan fingerprint density at radius 1 is 1.14 bits per heavy atom. The number of hydrogen-bond acceptors (Lipinski definition) is 7. The van der Waals surface area contributed by atoms with Crippen molar-refractivity contribution in [3.05, 3.63) is 35.3 Å². The van der Waals surface area contributed by atoms with E-state index in [9.17, 15) is 9.59 Å². The van der Waals surface area contributed by atoms with Crippen LogP contribution in [0.2, 0.25) is 0 Å². The average molecular weight is 416 g/mol. The number of piperazine rings is 1. The van der Waals surface area contributed by atoms with Crippen LogP contribution in [0, 0.1) is 6.92 Å². The van der Waals surface area contributed by atoms with Crippen molar-refractivity contribution in [1.29, 1.82) is 0 Å². The number of fused-ring (bicyclic) bond motifs is 1. The molecule has 0 bridgehead atoms. The molecule has 4 rings (SSSR count). The van der Waals surface area contributed by atoms with Crippen LogP contribution in [0.25, 0.3) is 10.1 Å². The molecule has 2 amide bonds. The first-order chi connectivity index (χ1) is 13.6. The van der Waals surface area contributed by atoms with Crippen molar-refractivity contribution in [2.75, 3.05) is 36.4 Å². The summed E-state index contributed by atoms with van der Waals surface area (Å²) in [5.74, 6) is 0.856. The standard InChI is InChI=1S/C19H21N5O2S2/c1-13-12-20-19(27-13)21-16(25)6-7-17(26)23-8-10-24(11-9-23)18-14-4-2-3-5-15(14)28-22-18/h2-5,12H,6-11H2,1H3,(H,20,21,25). The Balaban J connectivity index is 1.26. The van der Waals surface area contributed by atoms with Crippen LogP contribution in [-0.4, -0.2) is 52.3 Å². The Labute approximate surface area is 171 Å². The van der Waals surface area contributed by atoms with Gasteiger partial charge >= 0.3 is 0 Å². The lowest BCUT2D eigenvalue weighted by atomic mass is 10.2. The maximum Gasteiger partial charge on any atom is 0.226 e. The normalized spacial score (nSPS) is 14.5. The molecule has 1 aromatic carbocycles. The smallest absolute Gasteiger partial charge is 0.226 e. The van der Waals surface area contributed by atoms with Gasteiger partial charge in [0.25, 0.3) is 0 Å². The molecule has 0 aliphatic carbocycles. The fraction of sp³-hybridized carbons (Fsp3) is 0.368. The van der Waals surface area contributed by atoms with Gasteiger partial charge in [0.15, 0.2) is 5.13 Å². The predicted octanol–water partition coefficient (Wildman–Crippen LogP) is 3.13. The van der Waals surface area contributed by atoms with Crippen molar-refractivity contribution in [1.82, 2.24) is 14.3 Å². The second-order valence-electron chi connectivity index (χ2n) is 6.69. The van der Waals surface area contributed by atoms with Gasteiger partial charge in [0.05, 0.1) is 4.70 Å². The molecule has 3 heterocycles. The molecule has 1 N–H and O–H groups in total. The summed E-state index contributed by atoms with van der Waals surface area (Å²) in [4.78, 5) is 33.7. The molecule has 146 valence electrons. The molecule has 1 aliphatic rings. The van der Waals surface area contributed by atoms with E-state index < -0.39 is 0 Å². The van der Waals surface area contributed by atoms with Crippen molar-refractivity contribution >= 4 is 55.7 Å². The SMILES string of the molecule is Cc1cnc(NC(=O)CCC(=O)N2CCN(c3nsc4ccccc34)CC2)s1. The van der Waals surface area contributed by atoms with E-state index in [0.717, 1.165) is 23.8 Å². The minimum atomic E-state index is -0.171. The molecule has 1 saturated heterocycles. The van der Waals surface area contributed by atoms with Gasteiger partial charge in [-0.25, -0.2) is 4.98 Å². The van der Waals surface area contributed by atoms with Crippen LogP contribution in [-0.2, 0) is 9.59 Å². The first-order valence-corrected chi connectivity index (χ1v) is 10.8. The largest absolute Gasteiger partial charge is 0.352 e. The van der Waals surface area contributed by atoms with Gasteiger partial charge in [0.1, 0.15) is 5.82 Å². The lowest BCUT2D eigenvalue weighted by molar-refractivity contribution is -0.133. The summed E-state index contributed by atoms with van der Waals surface area (Å²) in [6, 6.07) is 8.22. The summed E-state index contributed by atoms with van der Waals surface area (Å²) in [5.41, 5.74) is 0. The van der Waals surface area contributed by atoms with E-state index in [4.69, 9.17) is 0 Å². The van der Waals surface area contributed by atoms with Gasteiger partial charge in [-0.2, -0.15) is 4.37 Å². The number of amides is 2. The van der Waals surface area contributed by atoms with E-state index in [0.29, 0.717) is 18.2 Å². The van der Waals surface area contributed by atoms with Gasteiger partial charge in [0.2, 0.25) is 11.8 Å². The van der Waals surface area contributed by atoms with Gasteiger partial charge in [0, 0.05) is 55.5 Å². The van der Waals surface area contributed by atoms with Gasteiger partial charge < -0.3 is 15.1 Å². The number of nitrogens with zero attached hydrogens (tertiary/aromatic N) is 4. The highest BCUT2D eigenvalue weighted by atomic mass is 32.1. The van der Waals surface area contributed by atoms with Gasteiger partial charge in [-0.1, -0.05) is 12.1 Å². The molecular weight excluding hydrogens is 394 g/mol. The Kier molecular flexibility index (Phi) is 5.54. The molecule has 0 spiro atoms. The Hall–Kier alpha value is -2.52. The number of hydrogen-bond donors (Lipinski definition) is 1. The molecule has 28 heavy (non-hydrogen) atoms. The van der Waals surface area contributed by atoms with E-state index in [2.05, 4.69) is 31.7 Å². The maximum absolute atomic E-state index is 12.5. The zero-order valence-electron chi connectivity index (χ0n) is 15.6. The number of rotatable bonds is 5. The number of nitrogens with one attached hydrogen (secondary N) is 1. The van der Waals surface area contributed by atoms with Crippen molar-refractivity contribution in [2.24, 2.45) is 0 Å². The highest BCUT2D eigenvalue weighted by Gasteiger charge is 2.24. The quantitative estimate of drug-likeness (QED) is 0.693. The highest BCUT2D eigenvalue weighted by Crippen LogP contribution is 2.29. The van der Waals surface area contributed by atoms with Crippen LogP contribution in [0.15, 0.2) is 30.5 Å². The topological polar surface area (TPSA) is 78.4 Å². The molecule has 7 nitrogen and oxygen atoms in total. The first-order valence-electron chi connectivity index (χ1n) is 9.19. The zero-order valence-corrected chi connectivity index (χ0v) is 17.2. The number of anilines is 2. The van der Waals surface area contributed by atoms with E-state index in [1.54, 1.807) is 6.20 Å². The second kappa shape index (κ2) is 8.24. The summed E-state index contributed by atoms with van der Waals surface area (Å²) >= 11 is 2.94. The fourth-order valence-electron chi connectivity index (χ4n) is 3.24. The summed E-state index contributed by atoms with van der Waals surface area (Å²) in [5, 5.41) is 4.50. The molecule has 0 radical (unpaired) electrons. The molecule has 1 aliphatic heterocycles. The molecule has 0 unspecified atom stereocenters. The number of carbonyl (C=O) groups is 2. The first kappa shape index (κ1) is 18.8. The van der Waals surface area contributed by atoms with Crippen molar-refractivity contribution in [2.45, 2.75) is 19.8 Å². The predicted molar refractivity (Wildman–Crippen MR) is 113 cm³/mol. The van der Waals surface area contributed by atoms with E-state index in [1.165, 1.54) is 33.0 Å². The number of thiazole rings is 1. The Morgan fingerprint density at radius 3 is 2.68 bits per heavy atom. The highest BCUT2D eigenvalue weighted by molar-refractivity contribution is 7.15. The van der Waals surface area contributed by atoms with E-state index >= 15 is 0 Å². The third kappa shape index (κ3) is 4.15. The van der Waals surface area contributed by atoms with Gasteiger partial charge in [-0.05, 0) is 30.6 Å². The Morgan fingerprint density at radius 2 is 1.93 bits per heavy atom. The Bertz CT molecular complexity index is 991. The third-order valence-electron chi connectivity index (χ3n) is 4.72. The molecule has 9 heteroatoms. The van der Waals surface area contributed by atoms with Crippen LogP contribution in [0.3, 0.4) is 0 Å². The monoisotopic (exact) mass is 415 g/mol. The summed E-state index contributed by atoms with van der Waals surface area (Å²) in [6.07, 6.45) is 2.11. The molecule has 3 aromatic rings. The van der Waals surface area contributed by atoms with Crippen molar-refractivity contribution in [3.8, 4) is 0 Å². The molecule has 0 saturated carbocycles.